The van der Waals surface area contributed by atoms with E-state index in [-0.39, 0.29) is 5.41 Å². The van der Waals surface area contributed by atoms with Crippen molar-refractivity contribution >= 4 is 5.91 Å². The first-order valence-electron chi connectivity index (χ1n) is 7.33. The van der Waals surface area contributed by atoms with Gasteiger partial charge in [-0.3, -0.25) is 4.79 Å². The number of carbonyl (C=O) groups is 1. The van der Waals surface area contributed by atoms with Gasteiger partial charge in [0.25, 0.3) is 0 Å². The van der Waals surface area contributed by atoms with Gasteiger partial charge in [-0.25, -0.2) is 0 Å². The predicted molar refractivity (Wildman–Crippen MR) is 76.2 cm³/mol. The molecule has 1 aliphatic heterocycles. The Morgan fingerprint density at radius 3 is 2.61 bits per heavy atom. The highest BCUT2D eigenvalue weighted by atomic mass is 16.2. The van der Waals surface area contributed by atoms with E-state index in [1.54, 1.807) is 0 Å². The second-order valence-corrected chi connectivity index (χ2v) is 6.83. The van der Waals surface area contributed by atoms with Gasteiger partial charge in [-0.1, -0.05) is 27.7 Å². The maximum Gasteiger partial charge on any atom is 0.222 e. The zero-order valence-corrected chi connectivity index (χ0v) is 12.5. The van der Waals surface area contributed by atoms with Gasteiger partial charge in [0.2, 0.25) is 5.91 Å². The van der Waals surface area contributed by atoms with Gasteiger partial charge in [0.05, 0.1) is 0 Å². The second-order valence-electron chi connectivity index (χ2n) is 6.83. The van der Waals surface area contributed by atoms with Crippen LogP contribution < -0.4 is 5.73 Å². The molecule has 0 radical (unpaired) electrons. The lowest BCUT2D eigenvalue weighted by atomic mass is 9.89. The molecule has 1 saturated heterocycles. The lowest BCUT2D eigenvalue weighted by Gasteiger charge is -2.28. The highest BCUT2D eigenvalue weighted by Crippen LogP contribution is 2.26. The maximum absolute atomic E-state index is 12.1. The molecule has 1 fully saturated rings. The predicted octanol–water partition coefficient (Wildman–Crippen LogP) is 2.65. The fraction of sp³-hybridized carbons (Fsp3) is 0.933. The third-order valence-electron chi connectivity index (χ3n) is 4.41. The molecule has 1 heterocycles. The van der Waals surface area contributed by atoms with E-state index < -0.39 is 0 Å². The van der Waals surface area contributed by atoms with E-state index >= 15 is 0 Å². The van der Waals surface area contributed by atoms with E-state index in [0.717, 1.165) is 38.8 Å². The minimum Gasteiger partial charge on any atom is -0.343 e. The summed E-state index contributed by atoms with van der Waals surface area (Å²) < 4.78 is 0. The van der Waals surface area contributed by atoms with Crippen LogP contribution in [0.5, 0.6) is 0 Å². The molecule has 18 heavy (non-hydrogen) atoms. The zero-order chi connectivity index (χ0) is 13.8. The number of nitrogens with zero attached hydrogens (tertiary/aromatic N) is 1. The number of hydrogen-bond donors (Lipinski definition) is 1. The first-order valence-corrected chi connectivity index (χ1v) is 7.33. The minimum absolute atomic E-state index is 0.143. The van der Waals surface area contributed by atoms with Gasteiger partial charge in [0.15, 0.2) is 0 Å². The smallest absolute Gasteiger partial charge is 0.222 e. The number of rotatable bonds is 5. The molecule has 3 nitrogen and oxygen atoms in total. The van der Waals surface area contributed by atoms with E-state index in [4.69, 9.17) is 5.73 Å². The summed E-state index contributed by atoms with van der Waals surface area (Å²) in [6.45, 7) is 11.4. The number of carbonyl (C=O) groups excluding carboxylic acids is 1. The van der Waals surface area contributed by atoms with Crippen LogP contribution in [0.3, 0.4) is 0 Å². The molecular weight excluding hydrogens is 224 g/mol. The molecular formula is C15H30N2O. The van der Waals surface area contributed by atoms with E-state index in [0.29, 0.717) is 24.3 Å². The van der Waals surface area contributed by atoms with Crippen LogP contribution in [0.15, 0.2) is 0 Å². The molecule has 0 aromatic carbocycles. The Morgan fingerprint density at radius 2 is 2.06 bits per heavy atom. The summed E-state index contributed by atoms with van der Waals surface area (Å²) in [6.07, 6.45) is 3.95. The van der Waals surface area contributed by atoms with Crippen molar-refractivity contribution in [2.75, 3.05) is 19.6 Å². The Balaban J connectivity index is 2.48. The van der Waals surface area contributed by atoms with Crippen LogP contribution in [-0.4, -0.2) is 30.4 Å². The summed E-state index contributed by atoms with van der Waals surface area (Å²) in [5, 5.41) is 0. The molecule has 0 bridgehead atoms. The summed E-state index contributed by atoms with van der Waals surface area (Å²) >= 11 is 0. The molecule has 1 amide bonds. The monoisotopic (exact) mass is 254 g/mol. The van der Waals surface area contributed by atoms with Gasteiger partial charge in [-0.15, -0.1) is 0 Å². The molecule has 1 aliphatic rings. The zero-order valence-electron chi connectivity index (χ0n) is 12.5. The first-order chi connectivity index (χ1) is 8.35. The van der Waals surface area contributed by atoms with E-state index in [9.17, 15) is 4.79 Å². The quantitative estimate of drug-likeness (QED) is 0.820. The lowest BCUT2D eigenvalue weighted by Crippen LogP contribution is -2.35. The summed E-state index contributed by atoms with van der Waals surface area (Å²) in [5.41, 5.74) is 5.89. The molecule has 1 unspecified atom stereocenters. The minimum atomic E-state index is 0.143. The largest absolute Gasteiger partial charge is 0.343 e. The number of nitrogens with two attached hydrogens (primary N) is 1. The fourth-order valence-electron chi connectivity index (χ4n) is 2.50. The van der Waals surface area contributed by atoms with Crippen molar-refractivity contribution in [3.8, 4) is 0 Å². The third-order valence-corrected chi connectivity index (χ3v) is 4.41. The Hall–Kier alpha value is -0.570. The van der Waals surface area contributed by atoms with Crippen molar-refractivity contribution in [1.82, 2.24) is 4.90 Å². The van der Waals surface area contributed by atoms with Crippen LogP contribution in [0.4, 0.5) is 0 Å². The second kappa shape index (κ2) is 6.55. The van der Waals surface area contributed by atoms with Crippen molar-refractivity contribution in [2.24, 2.45) is 23.0 Å². The van der Waals surface area contributed by atoms with E-state index in [2.05, 4.69) is 32.6 Å². The van der Waals surface area contributed by atoms with Gasteiger partial charge < -0.3 is 10.6 Å². The average molecular weight is 254 g/mol. The molecule has 0 aromatic rings. The van der Waals surface area contributed by atoms with Gasteiger partial charge >= 0.3 is 0 Å². The summed E-state index contributed by atoms with van der Waals surface area (Å²) in [4.78, 5) is 14.1. The van der Waals surface area contributed by atoms with Crippen LogP contribution in [0.1, 0.15) is 53.4 Å². The average Bonchev–Trinajstić information content (AvgIpc) is 2.49. The molecule has 106 valence electrons. The van der Waals surface area contributed by atoms with Gasteiger partial charge in [0, 0.05) is 19.5 Å². The van der Waals surface area contributed by atoms with Crippen molar-refractivity contribution in [3.05, 3.63) is 0 Å². The van der Waals surface area contributed by atoms with Crippen LogP contribution in [0.25, 0.3) is 0 Å². The lowest BCUT2D eigenvalue weighted by molar-refractivity contribution is -0.131. The van der Waals surface area contributed by atoms with Crippen molar-refractivity contribution in [1.29, 1.82) is 0 Å². The van der Waals surface area contributed by atoms with E-state index in [1.165, 1.54) is 0 Å². The normalized spacial score (nSPS) is 22.4. The van der Waals surface area contributed by atoms with Crippen LogP contribution in [0, 0.1) is 17.3 Å². The standard InChI is InChI=1S/C15H30N2O/c1-12(2)13-5-6-14(18)17(9-7-13)10-8-15(3,4)11-16/h12-13H,5-11,16H2,1-4H3. The highest BCUT2D eigenvalue weighted by Gasteiger charge is 2.25. The van der Waals surface area contributed by atoms with Gasteiger partial charge in [-0.2, -0.15) is 0 Å². The topological polar surface area (TPSA) is 46.3 Å². The number of amides is 1. The SMILES string of the molecule is CC(C)C1CCC(=O)N(CCC(C)(C)CN)CC1. The van der Waals surface area contributed by atoms with Gasteiger partial charge in [-0.05, 0) is 43.1 Å². The molecule has 2 N–H and O–H groups in total. The Labute approximate surface area is 112 Å². The fourth-order valence-corrected chi connectivity index (χ4v) is 2.50. The van der Waals surface area contributed by atoms with Crippen molar-refractivity contribution in [3.63, 3.8) is 0 Å². The first kappa shape index (κ1) is 15.5. The molecule has 3 heteroatoms. The van der Waals surface area contributed by atoms with Crippen LogP contribution in [0.2, 0.25) is 0 Å². The highest BCUT2D eigenvalue weighted by molar-refractivity contribution is 5.76. The maximum atomic E-state index is 12.1. The molecule has 0 saturated carbocycles. The Kier molecular flexibility index (Phi) is 5.64. The van der Waals surface area contributed by atoms with Crippen LogP contribution >= 0.6 is 0 Å². The summed E-state index contributed by atoms with van der Waals surface area (Å²) in [7, 11) is 0. The number of likely N-dealkylation sites (tertiary alicyclic amines) is 1. The Morgan fingerprint density at radius 1 is 1.39 bits per heavy atom. The van der Waals surface area contributed by atoms with Gasteiger partial charge in [0.1, 0.15) is 0 Å². The molecule has 1 rings (SSSR count). The van der Waals surface area contributed by atoms with Crippen LogP contribution in [-0.2, 0) is 4.79 Å². The molecule has 0 spiro atoms. The van der Waals surface area contributed by atoms with Crippen molar-refractivity contribution < 1.29 is 4.79 Å². The number of hydrogen-bond acceptors (Lipinski definition) is 2. The van der Waals surface area contributed by atoms with Crippen molar-refractivity contribution in [2.45, 2.75) is 53.4 Å². The summed E-state index contributed by atoms with van der Waals surface area (Å²) in [5.74, 6) is 1.74. The molecule has 0 aromatic heterocycles. The third kappa shape index (κ3) is 4.60. The molecule has 0 aliphatic carbocycles. The summed E-state index contributed by atoms with van der Waals surface area (Å²) in [6, 6.07) is 0. The molecule has 1 atom stereocenters. The van der Waals surface area contributed by atoms with E-state index in [1.807, 2.05) is 0 Å². The Bertz CT molecular complexity index is 274.